The number of rotatable bonds is 5. The summed E-state index contributed by atoms with van der Waals surface area (Å²) >= 11 is 6.06. The van der Waals surface area contributed by atoms with Gasteiger partial charge < -0.3 is 10.1 Å². The highest BCUT2D eigenvalue weighted by molar-refractivity contribution is 6.33. The zero-order chi connectivity index (χ0) is 19.6. The first-order chi connectivity index (χ1) is 12.9. The first-order valence-corrected chi connectivity index (χ1v) is 9.33. The molecule has 1 N–H and O–H groups in total. The van der Waals surface area contributed by atoms with Crippen LogP contribution in [0.15, 0.2) is 18.2 Å². The van der Waals surface area contributed by atoms with Crippen molar-refractivity contribution in [2.45, 2.75) is 32.1 Å². The summed E-state index contributed by atoms with van der Waals surface area (Å²) in [4.78, 5) is 49.9. The maximum absolute atomic E-state index is 12.4. The summed E-state index contributed by atoms with van der Waals surface area (Å²) in [5.74, 6) is -1.71. The highest BCUT2D eigenvalue weighted by Crippen LogP contribution is 2.38. The standard InChI is InChI=1S/C19H21ClN2O5/c1-27-19(26)11-6-7-14(20)15(10-11)21-16(23)8-9-22-17(24)12-4-2-3-5-13(12)18(22)25/h6-7,10,12-13H,2-5,8-9H2,1H3,(H,21,23)/t12-,13-/m0/s1. The molecule has 3 rings (SSSR count). The van der Waals surface area contributed by atoms with Crippen LogP contribution in [0.2, 0.25) is 5.02 Å². The molecule has 27 heavy (non-hydrogen) atoms. The van der Waals surface area contributed by atoms with E-state index in [1.807, 2.05) is 0 Å². The Hall–Kier alpha value is -2.41. The molecule has 7 nitrogen and oxygen atoms in total. The molecule has 2 fully saturated rings. The topological polar surface area (TPSA) is 92.8 Å². The molecule has 1 aromatic rings. The Morgan fingerprint density at radius 3 is 2.41 bits per heavy atom. The van der Waals surface area contributed by atoms with Crippen LogP contribution in [0.25, 0.3) is 0 Å². The lowest BCUT2D eigenvalue weighted by atomic mass is 9.81. The number of anilines is 1. The number of imide groups is 1. The van der Waals surface area contributed by atoms with E-state index in [-0.39, 0.29) is 52.9 Å². The lowest BCUT2D eigenvalue weighted by Gasteiger charge is -2.19. The van der Waals surface area contributed by atoms with Crippen LogP contribution in [0.3, 0.4) is 0 Å². The molecule has 144 valence electrons. The highest BCUT2D eigenvalue weighted by atomic mass is 35.5. The van der Waals surface area contributed by atoms with Crippen molar-refractivity contribution in [1.82, 2.24) is 4.90 Å². The summed E-state index contributed by atoms with van der Waals surface area (Å²) in [6, 6.07) is 4.40. The van der Waals surface area contributed by atoms with E-state index in [4.69, 9.17) is 11.6 Å². The zero-order valence-electron chi connectivity index (χ0n) is 15.0. The number of nitrogens with zero attached hydrogens (tertiary/aromatic N) is 1. The molecule has 2 aliphatic rings. The smallest absolute Gasteiger partial charge is 0.337 e. The molecule has 0 bridgehead atoms. The Morgan fingerprint density at radius 1 is 1.19 bits per heavy atom. The second-order valence-electron chi connectivity index (χ2n) is 6.81. The molecule has 1 aliphatic carbocycles. The maximum atomic E-state index is 12.4. The molecule has 2 atom stereocenters. The number of amides is 3. The average molecular weight is 393 g/mol. The number of halogens is 1. The van der Waals surface area contributed by atoms with Crippen LogP contribution in [0, 0.1) is 11.8 Å². The molecule has 1 heterocycles. The number of carbonyl (C=O) groups excluding carboxylic acids is 4. The number of benzene rings is 1. The molecule has 1 saturated heterocycles. The van der Waals surface area contributed by atoms with Crippen LogP contribution in [0.1, 0.15) is 42.5 Å². The van der Waals surface area contributed by atoms with Crippen molar-refractivity contribution in [2.24, 2.45) is 11.8 Å². The first-order valence-electron chi connectivity index (χ1n) is 8.95. The molecule has 0 aromatic heterocycles. The number of fused-ring (bicyclic) bond motifs is 1. The largest absolute Gasteiger partial charge is 0.465 e. The lowest BCUT2D eigenvalue weighted by Crippen LogP contribution is -2.34. The van der Waals surface area contributed by atoms with Crippen molar-refractivity contribution < 1.29 is 23.9 Å². The normalized spacial score (nSPS) is 21.8. The molecule has 0 radical (unpaired) electrons. The third-order valence-corrected chi connectivity index (χ3v) is 5.49. The summed E-state index contributed by atoms with van der Waals surface area (Å²) in [5, 5.41) is 2.89. The number of carbonyl (C=O) groups is 4. The molecular weight excluding hydrogens is 372 g/mol. The predicted molar refractivity (Wildman–Crippen MR) is 98.2 cm³/mol. The molecule has 3 amide bonds. The molecule has 8 heteroatoms. The summed E-state index contributed by atoms with van der Waals surface area (Å²) in [5.41, 5.74) is 0.531. The van der Waals surface area contributed by atoms with E-state index in [1.165, 1.54) is 30.2 Å². The summed E-state index contributed by atoms with van der Waals surface area (Å²) < 4.78 is 4.64. The number of hydrogen-bond donors (Lipinski definition) is 1. The van der Waals surface area contributed by atoms with Gasteiger partial charge in [0.25, 0.3) is 0 Å². The van der Waals surface area contributed by atoms with Gasteiger partial charge in [0.1, 0.15) is 0 Å². The van der Waals surface area contributed by atoms with E-state index in [9.17, 15) is 19.2 Å². The molecule has 0 spiro atoms. The van der Waals surface area contributed by atoms with E-state index in [1.54, 1.807) is 0 Å². The van der Waals surface area contributed by atoms with Gasteiger partial charge in [-0.05, 0) is 31.0 Å². The molecule has 1 aromatic carbocycles. The number of ether oxygens (including phenoxy) is 1. The fraction of sp³-hybridized carbons (Fsp3) is 0.474. The second kappa shape index (κ2) is 8.08. The Kier molecular flexibility index (Phi) is 5.79. The van der Waals surface area contributed by atoms with Crippen molar-refractivity contribution >= 4 is 41.0 Å². The van der Waals surface area contributed by atoms with Crippen molar-refractivity contribution in [2.75, 3.05) is 19.0 Å². The minimum Gasteiger partial charge on any atom is -0.465 e. The van der Waals surface area contributed by atoms with Gasteiger partial charge >= 0.3 is 5.97 Å². The highest BCUT2D eigenvalue weighted by Gasteiger charge is 2.47. The van der Waals surface area contributed by atoms with Crippen molar-refractivity contribution in [3.63, 3.8) is 0 Å². The van der Waals surface area contributed by atoms with Crippen molar-refractivity contribution in [3.05, 3.63) is 28.8 Å². The molecule has 0 unspecified atom stereocenters. The number of esters is 1. The zero-order valence-corrected chi connectivity index (χ0v) is 15.8. The van der Waals surface area contributed by atoms with Crippen molar-refractivity contribution in [1.29, 1.82) is 0 Å². The third kappa shape index (κ3) is 3.98. The summed E-state index contributed by atoms with van der Waals surface area (Å²) in [6.45, 7) is 0.0464. The maximum Gasteiger partial charge on any atom is 0.337 e. The minimum atomic E-state index is -0.543. The van der Waals surface area contributed by atoms with E-state index < -0.39 is 11.9 Å². The quantitative estimate of drug-likeness (QED) is 0.614. The van der Waals surface area contributed by atoms with Gasteiger partial charge in [0.15, 0.2) is 0 Å². The van der Waals surface area contributed by atoms with Gasteiger partial charge in [0, 0.05) is 13.0 Å². The number of methoxy groups -OCH3 is 1. The SMILES string of the molecule is COC(=O)c1ccc(Cl)c(NC(=O)CCN2C(=O)[C@H]3CCCC[C@@H]3C2=O)c1. The van der Waals surface area contributed by atoms with Crippen LogP contribution in [0.4, 0.5) is 5.69 Å². The average Bonchev–Trinajstić information content (AvgIpc) is 2.92. The Balaban J connectivity index is 1.61. The van der Waals surface area contributed by atoms with Crippen LogP contribution >= 0.6 is 11.6 Å². The first kappa shape index (κ1) is 19.4. The monoisotopic (exact) mass is 392 g/mol. The van der Waals surface area contributed by atoms with Crippen LogP contribution < -0.4 is 5.32 Å². The fourth-order valence-corrected chi connectivity index (χ4v) is 3.91. The summed E-state index contributed by atoms with van der Waals surface area (Å²) in [6.07, 6.45) is 3.38. The van der Waals surface area contributed by atoms with E-state index >= 15 is 0 Å². The fourth-order valence-electron chi connectivity index (χ4n) is 3.74. The van der Waals surface area contributed by atoms with E-state index in [0.29, 0.717) is 0 Å². The number of hydrogen-bond acceptors (Lipinski definition) is 5. The Morgan fingerprint density at radius 2 is 1.81 bits per heavy atom. The second-order valence-corrected chi connectivity index (χ2v) is 7.22. The van der Waals surface area contributed by atoms with Gasteiger partial charge in [-0.15, -0.1) is 0 Å². The van der Waals surface area contributed by atoms with Crippen LogP contribution in [-0.2, 0) is 19.1 Å². The van der Waals surface area contributed by atoms with Crippen molar-refractivity contribution in [3.8, 4) is 0 Å². The van der Waals surface area contributed by atoms with E-state index in [2.05, 4.69) is 10.1 Å². The van der Waals surface area contributed by atoms with E-state index in [0.717, 1.165) is 25.7 Å². The van der Waals surface area contributed by atoms with Gasteiger partial charge in [-0.3, -0.25) is 19.3 Å². The van der Waals surface area contributed by atoms with Gasteiger partial charge in [-0.1, -0.05) is 24.4 Å². The lowest BCUT2D eigenvalue weighted by molar-refractivity contribution is -0.140. The third-order valence-electron chi connectivity index (χ3n) is 5.16. The predicted octanol–water partition coefficient (Wildman–Crippen LogP) is 2.63. The Labute approximate surface area is 162 Å². The van der Waals surface area contributed by atoms with Gasteiger partial charge in [0.05, 0.1) is 35.2 Å². The number of nitrogens with one attached hydrogen (secondary N) is 1. The summed E-state index contributed by atoms with van der Waals surface area (Å²) in [7, 11) is 1.26. The van der Waals surface area contributed by atoms with Crippen LogP contribution in [0.5, 0.6) is 0 Å². The van der Waals surface area contributed by atoms with Crippen LogP contribution in [-0.4, -0.2) is 42.2 Å². The minimum absolute atomic E-state index is 0.0320. The van der Waals surface area contributed by atoms with Gasteiger partial charge in [0.2, 0.25) is 17.7 Å². The number of likely N-dealkylation sites (tertiary alicyclic amines) is 1. The molecule has 1 saturated carbocycles. The molecule has 1 aliphatic heterocycles. The van der Waals surface area contributed by atoms with Gasteiger partial charge in [-0.25, -0.2) is 4.79 Å². The molecular formula is C19H21ClN2O5. The van der Waals surface area contributed by atoms with Gasteiger partial charge in [-0.2, -0.15) is 0 Å². The Bertz CT molecular complexity index is 770.